The molecule has 0 bridgehead atoms. The van der Waals surface area contributed by atoms with Gasteiger partial charge >= 0.3 is 12.1 Å². The van der Waals surface area contributed by atoms with Gasteiger partial charge in [0, 0.05) is 14.1 Å². The van der Waals surface area contributed by atoms with Crippen molar-refractivity contribution in [1.82, 2.24) is 19.6 Å². The van der Waals surface area contributed by atoms with Crippen molar-refractivity contribution in [2.75, 3.05) is 12.4 Å². The first kappa shape index (κ1) is 17.8. The molecule has 0 aromatic carbocycles. The number of hydrogen-bond donors (Lipinski definition) is 1. The first-order chi connectivity index (χ1) is 11.1. The van der Waals surface area contributed by atoms with Gasteiger partial charge in [-0.2, -0.15) is 23.4 Å². The molecule has 0 unspecified atom stereocenters. The Morgan fingerprint density at radius 3 is 2.38 bits per heavy atom. The molecule has 0 fully saturated rings. The number of ether oxygens (including phenoxy) is 1. The molecule has 130 valence electrons. The average Bonchev–Trinajstić information content (AvgIpc) is 2.98. The number of aromatic nitrogens is 4. The van der Waals surface area contributed by atoms with Crippen LogP contribution in [0.3, 0.4) is 0 Å². The van der Waals surface area contributed by atoms with E-state index in [-0.39, 0.29) is 11.4 Å². The summed E-state index contributed by atoms with van der Waals surface area (Å²) in [5.41, 5.74) is -2.01. The number of nitrogens with one attached hydrogen (secondary N) is 1. The van der Waals surface area contributed by atoms with Crippen LogP contribution in [0.1, 0.15) is 26.7 Å². The van der Waals surface area contributed by atoms with Gasteiger partial charge in [-0.1, -0.05) is 11.6 Å². The fraction of sp³-hybridized carbons (Fsp3) is 0.333. The van der Waals surface area contributed by atoms with Gasteiger partial charge in [-0.05, 0) is 0 Å². The fourth-order valence-corrected chi connectivity index (χ4v) is 2.33. The summed E-state index contributed by atoms with van der Waals surface area (Å²) in [5.74, 6) is -1.76. The number of anilines is 1. The van der Waals surface area contributed by atoms with Crippen molar-refractivity contribution in [2.45, 2.75) is 6.18 Å². The van der Waals surface area contributed by atoms with Crippen molar-refractivity contribution in [1.29, 1.82) is 0 Å². The van der Waals surface area contributed by atoms with Crippen LogP contribution < -0.4 is 5.32 Å². The molecule has 1 N–H and O–H groups in total. The van der Waals surface area contributed by atoms with Crippen LogP contribution in [0.15, 0.2) is 6.20 Å². The van der Waals surface area contributed by atoms with Crippen molar-refractivity contribution in [3.63, 3.8) is 0 Å². The number of nitrogens with zero attached hydrogens (tertiary/aromatic N) is 4. The first-order valence-electron chi connectivity index (χ1n) is 6.29. The van der Waals surface area contributed by atoms with Gasteiger partial charge in [0.15, 0.2) is 11.4 Å². The molecule has 2 heterocycles. The number of carbonyl (C=O) groups excluding carboxylic acids is 2. The molecule has 0 aliphatic carbocycles. The van der Waals surface area contributed by atoms with E-state index < -0.39 is 34.5 Å². The number of aryl methyl sites for hydroxylation is 2. The Kier molecular flexibility index (Phi) is 4.56. The van der Waals surface area contributed by atoms with Gasteiger partial charge in [0.2, 0.25) is 0 Å². The summed E-state index contributed by atoms with van der Waals surface area (Å²) in [4.78, 5) is 23.9. The third kappa shape index (κ3) is 3.07. The number of alkyl halides is 3. The SMILES string of the molecule is COC(=O)c1c(NC(=O)c2c(Cl)c(C(F)(F)F)nn2C)cnn1C. The predicted octanol–water partition coefficient (Wildman–Crippen LogP) is 1.86. The molecule has 2 aromatic rings. The Labute approximate surface area is 138 Å². The highest BCUT2D eigenvalue weighted by atomic mass is 35.5. The van der Waals surface area contributed by atoms with E-state index in [1.54, 1.807) is 0 Å². The molecular formula is C12H11ClF3N5O3. The van der Waals surface area contributed by atoms with Crippen molar-refractivity contribution in [3.8, 4) is 0 Å². The maximum Gasteiger partial charge on any atom is 0.436 e. The second-order valence-corrected chi connectivity index (χ2v) is 4.99. The second-order valence-electron chi connectivity index (χ2n) is 4.61. The Bertz CT molecular complexity index is 812. The summed E-state index contributed by atoms with van der Waals surface area (Å²) in [5, 5.41) is 8.43. The summed E-state index contributed by atoms with van der Waals surface area (Å²) >= 11 is 5.63. The predicted molar refractivity (Wildman–Crippen MR) is 75.7 cm³/mol. The van der Waals surface area contributed by atoms with E-state index in [0.29, 0.717) is 4.68 Å². The lowest BCUT2D eigenvalue weighted by Gasteiger charge is -2.07. The smallest absolute Gasteiger partial charge is 0.436 e. The average molecular weight is 366 g/mol. The van der Waals surface area contributed by atoms with Crippen LogP contribution in [-0.2, 0) is 25.0 Å². The molecule has 8 nitrogen and oxygen atoms in total. The lowest BCUT2D eigenvalue weighted by molar-refractivity contribution is -0.141. The van der Waals surface area contributed by atoms with E-state index >= 15 is 0 Å². The van der Waals surface area contributed by atoms with Crippen LogP contribution in [0.2, 0.25) is 5.02 Å². The topological polar surface area (TPSA) is 91.0 Å². The highest BCUT2D eigenvalue weighted by Gasteiger charge is 2.39. The molecule has 2 aromatic heterocycles. The van der Waals surface area contributed by atoms with Crippen molar-refractivity contribution in [2.24, 2.45) is 14.1 Å². The van der Waals surface area contributed by atoms with Gasteiger partial charge in [0.05, 0.1) is 19.0 Å². The number of carbonyl (C=O) groups is 2. The minimum atomic E-state index is -4.81. The summed E-state index contributed by atoms with van der Waals surface area (Å²) in [6.45, 7) is 0. The van der Waals surface area contributed by atoms with Crippen LogP contribution in [0.5, 0.6) is 0 Å². The van der Waals surface area contributed by atoms with E-state index in [1.165, 1.54) is 7.05 Å². The van der Waals surface area contributed by atoms with E-state index in [2.05, 4.69) is 20.3 Å². The van der Waals surface area contributed by atoms with E-state index in [0.717, 1.165) is 25.0 Å². The number of amides is 1. The van der Waals surface area contributed by atoms with Gasteiger partial charge < -0.3 is 10.1 Å². The third-order valence-electron chi connectivity index (χ3n) is 3.04. The van der Waals surface area contributed by atoms with Gasteiger partial charge in [0.25, 0.3) is 5.91 Å². The highest BCUT2D eigenvalue weighted by molar-refractivity contribution is 6.35. The van der Waals surface area contributed by atoms with E-state index in [1.807, 2.05) is 0 Å². The minimum absolute atomic E-state index is 0.0415. The minimum Gasteiger partial charge on any atom is -0.464 e. The monoisotopic (exact) mass is 365 g/mol. The molecule has 0 atom stereocenters. The molecule has 1 amide bonds. The number of rotatable bonds is 3. The van der Waals surface area contributed by atoms with Crippen molar-refractivity contribution < 1.29 is 27.5 Å². The first-order valence-corrected chi connectivity index (χ1v) is 6.67. The largest absolute Gasteiger partial charge is 0.464 e. The lowest BCUT2D eigenvalue weighted by atomic mass is 10.3. The normalized spacial score (nSPS) is 11.5. The zero-order valence-corrected chi connectivity index (χ0v) is 13.4. The molecule has 24 heavy (non-hydrogen) atoms. The van der Waals surface area contributed by atoms with Gasteiger partial charge in [0.1, 0.15) is 10.7 Å². The Balaban J connectivity index is 2.39. The van der Waals surface area contributed by atoms with Crippen LogP contribution in [0.4, 0.5) is 18.9 Å². The zero-order valence-electron chi connectivity index (χ0n) is 12.6. The maximum atomic E-state index is 12.8. The highest BCUT2D eigenvalue weighted by Crippen LogP contribution is 2.35. The summed E-state index contributed by atoms with van der Waals surface area (Å²) in [6, 6.07) is 0. The number of methoxy groups -OCH3 is 1. The van der Waals surface area contributed by atoms with Crippen LogP contribution in [-0.4, -0.2) is 38.5 Å². The molecule has 0 radical (unpaired) electrons. The molecule has 2 rings (SSSR count). The summed E-state index contributed by atoms with van der Waals surface area (Å²) in [7, 11) is 3.70. The lowest BCUT2D eigenvalue weighted by Crippen LogP contribution is -2.19. The van der Waals surface area contributed by atoms with Crippen LogP contribution in [0.25, 0.3) is 0 Å². The standard InChI is InChI=1S/C12H11ClF3N5O3/c1-20-7(11(23)24-3)5(4-17-20)18-10(22)8-6(13)9(12(14,15)16)19-21(8)2/h4H,1-3H3,(H,18,22). The van der Waals surface area contributed by atoms with Crippen molar-refractivity contribution >= 4 is 29.2 Å². The molecule has 0 saturated carbocycles. The summed E-state index contributed by atoms with van der Waals surface area (Å²) < 4.78 is 44.8. The molecule has 0 aliphatic rings. The summed E-state index contributed by atoms with van der Waals surface area (Å²) in [6.07, 6.45) is -3.65. The second kappa shape index (κ2) is 6.15. The van der Waals surface area contributed by atoms with Crippen molar-refractivity contribution in [3.05, 3.63) is 28.3 Å². The molecule has 0 aliphatic heterocycles. The number of hydrogen-bond acceptors (Lipinski definition) is 5. The van der Waals surface area contributed by atoms with Crippen LogP contribution >= 0.6 is 11.6 Å². The van der Waals surface area contributed by atoms with E-state index in [4.69, 9.17) is 11.6 Å². The Hall–Kier alpha value is -2.56. The Morgan fingerprint density at radius 1 is 1.25 bits per heavy atom. The zero-order chi connectivity index (χ0) is 18.2. The van der Waals surface area contributed by atoms with Gasteiger partial charge in [-0.25, -0.2) is 4.79 Å². The molecule has 0 spiro atoms. The maximum absolute atomic E-state index is 12.8. The Morgan fingerprint density at radius 2 is 1.88 bits per heavy atom. The molecule has 0 saturated heterocycles. The van der Waals surface area contributed by atoms with Gasteiger partial charge in [-0.15, -0.1) is 0 Å². The quantitative estimate of drug-likeness (QED) is 0.838. The van der Waals surface area contributed by atoms with Gasteiger partial charge in [-0.3, -0.25) is 14.2 Å². The molecule has 12 heteroatoms. The number of esters is 1. The number of halogens is 4. The molecular weight excluding hydrogens is 355 g/mol. The third-order valence-corrected chi connectivity index (χ3v) is 3.40. The van der Waals surface area contributed by atoms with Crippen LogP contribution in [0, 0.1) is 0 Å². The fourth-order valence-electron chi connectivity index (χ4n) is 1.98. The van der Waals surface area contributed by atoms with E-state index in [9.17, 15) is 22.8 Å².